The lowest BCUT2D eigenvalue weighted by atomic mass is 10.0. The molecule has 0 spiro atoms. The van der Waals surface area contributed by atoms with Crippen molar-refractivity contribution in [3.63, 3.8) is 0 Å². The van der Waals surface area contributed by atoms with Crippen LogP contribution >= 0.6 is 0 Å². The molecule has 1 aromatic heterocycles. The van der Waals surface area contributed by atoms with Gasteiger partial charge in [0, 0.05) is 36.5 Å². The van der Waals surface area contributed by atoms with Gasteiger partial charge in [-0.2, -0.15) is 0 Å². The number of nitrogens with zero attached hydrogens (tertiary/aromatic N) is 1. The monoisotopic (exact) mass is 799 g/mol. The van der Waals surface area contributed by atoms with E-state index in [0.717, 1.165) is 68.0 Å². The molecule has 0 saturated carbocycles. The lowest BCUT2D eigenvalue weighted by Gasteiger charge is -2.18. The maximum absolute atomic E-state index is 13.1. The Morgan fingerprint density at radius 3 is 1.44 bits per heavy atom. The SMILES string of the molecule is CCCCCCCCCCCCCCCC(=O)OCC(COC(=O)CCCCCCCCCCCCCCC)OC(=O)Oc1cccc2[nH]cc(CCN(C)C)c12. The number of aromatic amines is 1. The first-order valence-electron chi connectivity index (χ1n) is 23.3. The van der Waals surface area contributed by atoms with E-state index in [1.54, 1.807) is 6.07 Å². The molecule has 9 nitrogen and oxygen atoms in total. The lowest BCUT2D eigenvalue weighted by molar-refractivity contribution is -0.153. The molecule has 0 fully saturated rings. The van der Waals surface area contributed by atoms with E-state index < -0.39 is 12.3 Å². The van der Waals surface area contributed by atoms with Gasteiger partial charge in [0.05, 0.1) is 0 Å². The summed E-state index contributed by atoms with van der Waals surface area (Å²) in [6.07, 6.45) is 33.4. The molecule has 0 radical (unpaired) electrons. The van der Waals surface area contributed by atoms with E-state index in [0.29, 0.717) is 18.6 Å². The van der Waals surface area contributed by atoms with Gasteiger partial charge < -0.3 is 28.8 Å². The van der Waals surface area contributed by atoms with E-state index in [-0.39, 0.29) is 25.2 Å². The zero-order valence-electron chi connectivity index (χ0n) is 36.8. The number of hydrogen-bond donors (Lipinski definition) is 1. The van der Waals surface area contributed by atoms with Crippen LogP contribution in [-0.4, -0.2) is 67.9 Å². The van der Waals surface area contributed by atoms with E-state index in [1.807, 2.05) is 32.4 Å². The van der Waals surface area contributed by atoms with Crippen LogP contribution in [0.4, 0.5) is 4.79 Å². The smallest absolute Gasteiger partial charge is 0.462 e. The van der Waals surface area contributed by atoms with Crippen LogP contribution in [-0.2, 0) is 30.2 Å². The molecule has 0 atom stereocenters. The number of H-pyrrole nitrogens is 1. The third-order valence-corrected chi connectivity index (χ3v) is 10.9. The minimum atomic E-state index is -0.984. The highest BCUT2D eigenvalue weighted by Crippen LogP contribution is 2.30. The van der Waals surface area contributed by atoms with E-state index in [1.165, 1.54) is 128 Å². The number of nitrogens with one attached hydrogen (secondary N) is 1. The summed E-state index contributed by atoms with van der Waals surface area (Å²) in [5.74, 6) is -0.313. The largest absolute Gasteiger partial charge is 0.514 e. The molecule has 1 aromatic carbocycles. The summed E-state index contributed by atoms with van der Waals surface area (Å²) in [5.41, 5.74) is 1.89. The summed E-state index contributed by atoms with van der Waals surface area (Å²) in [7, 11) is 4.03. The van der Waals surface area contributed by atoms with Gasteiger partial charge in [-0.1, -0.05) is 174 Å². The quantitative estimate of drug-likeness (QED) is 0.0312. The fourth-order valence-corrected chi connectivity index (χ4v) is 7.30. The predicted molar refractivity (Wildman–Crippen MR) is 234 cm³/mol. The Hall–Kier alpha value is -3.07. The van der Waals surface area contributed by atoms with Crippen LogP contribution in [0.3, 0.4) is 0 Å². The molecular weight excluding hydrogens is 717 g/mol. The van der Waals surface area contributed by atoms with Crippen molar-refractivity contribution in [3.8, 4) is 5.75 Å². The Morgan fingerprint density at radius 1 is 0.596 bits per heavy atom. The molecule has 57 heavy (non-hydrogen) atoms. The van der Waals surface area contributed by atoms with Crippen LogP contribution in [0.2, 0.25) is 0 Å². The fraction of sp³-hybridized carbons (Fsp3) is 0.771. The van der Waals surface area contributed by atoms with Crippen LogP contribution in [0, 0.1) is 0 Å². The zero-order chi connectivity index (χ0) is 41.2. The second-order valence-corrected chi connectivity index (χ2v) is 16.5. The molecule has 9 heteroatoms. The molecule has 0 aliphatic rings. The van der Waals surface area contributed by atoms with Gasteiger partial charge in [-0.15, -0.1) is 0 Å². The first-order valence-corrected chi connectivity index (χ1v) is 23.3. The Morgan fingerprint density at radius 2 is 1.02 bits per heavy atom. The number of hydrogen-bond acceptors (Lipinski definition) is 8. The highest BCUT2D eigenvalue weighted by molar-refractivity contribution is 5.90. The molecular formula is C48H82N2O7. The number of rotatable bonds is 37. The maximum Gasteiger partial charge on any atom is 0.514 e. The Balaban J connectivity index is 1.76. The van der Waals surface area contributed by atoms with Gasteiger partial charge in [0.15, 0.2) is 6.10 Å². The molecule has 0 aliphatic carbocycles. The molecule has 2 rings (SSSR count). The van der Waals surface area contributed by atoms with Crippen molar-refractivity contribution in [1.29, 1.82) is 0 Å². The van der Waals surface area contributed by atoms with Crippen LogP contribution < -0.4 is 4.74 Å². The zero-order valence-corrected chi connectivity index (χ0v) is 36.8. The average Bonchev–Trinajstić information content (AvgIpc) is 3.62. The second kappa shape index (κ2) is 33.9. The van der Waals surface area contributed by atoms with Crippen LogP contribution in [0.5, 0.6) is 5.75 Å². The molecule has 326 valence electrons. The van der Waals surface area contributed by atoms with Crippen LogP contribution in [0.25, 0.3) is 10.9 Å². The predicted octanol–water partition coefficient (Wildman–Crippen LogP) is 13.2. The summed E-state index contributed by atoms with van der Waals surface area (Å²) in [6.45, 7) is 4.93. The number of ether oxygens (including phenoxy) is 4. The minimum Gasteiger partial charge on any atom is -0.462 e. The molecule has 2 aromatic rings. The van der Waals surface area contributed by atoms with Gasteiger partial charge >= 0.3 is 18.1 Å². The number of carbonyl (C=O) groups is 3. The van der Waals surface area contributed by atoms with Crippen molar-refractivity contribution in [2.75, 3.05) is 33.9 Å². The first-order chi connectivity index (χ1) is 27.8. The van der Waals surface area contributed by atoms with Gasteiger partial charge in [0.2, 0.25) is 0 Å². The van der Waals surface area contributed by atoms with E-state index in [4.69, 9.17) is 18.9 Å². The Kier molecular flexibility index (Phi) is 29.7. The Labute approximate surface area is 347 Å². The molecule has 1 N–H and O–H groups in total. The number of likely N-dealkylation sites (N-methyl/N-ethyl adjacent to an activating group) is 1. The topological polar surface area (TPSA) is 107 Å². The number of benzene rings is 1. The lowest BCUT2D eigenvalue weighted by Crippen LogP contribution is -2.32. The van der Waals surface area contributed by atoms with Gasteiger partial charge in [-0.3, -0.25) is 9.59 Å². The van der Waals surface area contributed by atoms with Gasteiger partial charge in [-0.25, -0.2) is 4.79 Å². The van der Waals surface area contributed by atoms with Crippen molar-refractivity contribution in [2.45, 2.75) is 206 Å². The van der Waals surface area contributed by atoms with Crippen LogP contribution in [0.1, 0.15) is 199 Å². The van der Waals surface area contributed by atoms with Gasteiger partial charge in [-0.05, 0) is 51.1 Å². The van der Waals surface area contributed by atoms with Crippen LogP contribution in [0.15, 0.2) is 24.4 Å². The van der Waals surface area contributed by atoms with E-state index >= 15 is 0 Å². The van der Waals surface area contributed by atoms with E-state index in [9.17, 15) is 14.4 Å². The highest BCUT2D eigenvalue weighted by Gasteiger charge is 2.22. The molecule has 0 unspecified atom stereocenters. The summed E-state index contributed by atoms with van der Waals surface area (Å²) in [6, 6.07) is 5.48. The summed E-state index contributed by atoms with van der Waals surface area (Å²) >= 11 is 0. The number of fused-ring (bicyclic) bond motifs is 1. The molecule has 0 saturated heterocycles. The first kappa shape index (κ1) is 50.1. The average molecular weight is 799 g/mol. The molecule has 0 bridgehead atoms. The third-order valence-electron chi connectivity index (χ3n) is 10.9. The van der Waals surface area contributed by atoms with Gasteiger partial charge in [0.1, 0.15) is 19.0 Å². The van der Waals surface area contributed by atoms with Crippen molar-refractivity contribution in [1.82, 2.24) is 9.88 Å². The molecule has 0 amide bonds. The van der Waals surface area contributed by atoms with E-state index in [2.05, 4.69) is 23.7 Å². The van der Waals surface area contributed by atoms with Gasteiger partial charge in [0.25, 0.3) is 0 Å². The summed E-state index contributed by atoms with van der Waals surface area (Å²) in [5, 5.41) is 0.821. The summed E-state index contributed by atoms with van der Waals surface area (Å²) in [4.78, 5) is 43.8. The minimum absolute atomic E-state index is 0.208. The third kappa shape index (κ3) is 25.8. The van der Waals surface area contributed by atoms with Crippen molar-refractivity contribution in [3.05, 3.63) is 30.0 Å². The number of carbonyl (C=O) groups excluding carboxylic acids is 3. The second-order valence-electron chi connectivity index (χ2n) is 16.5. The number of aromatic nitrogens is 1. The molecule has 1 heterocycles. The van der Waals surface area contributed by atoms with Crippen molar-refractivity contribution in [2.24, 2.45) is 0 Å². The highest BCUT2D eigenvalue weighted by atomic mass is 16.7. The maximum atomic E-state index is 13.1. The van der Waals surface area contributed by atoms with Crippen molar-refractivity contribution < 1.29 is 33.3 Å². The standard InChI is InChI=1S/C48H82N2O7/c1-5-7-9-11-13-15-17-19-21-23-25-27-29-34-45(51)54-39-42(40-55-46(52)35-30-28-26-24-22-20-18-16-14-12-10-8-6-2)56-48(53)57-44-33-31-32-43-47(44)41(38-49-43)36-37-50(3)4/h31-33,38,42,49H,5-30,34-37,39-40H2,1-4H3. The van der Waals surface area contributed by atoms with Crippen molar-refractivity contribution >= 4 is 29.0 Å². The Bertz CT molecular complexity index is 1260. The fourth-order valence-electron chi connectivity index (χ4n) is 7.30. The molecule has 0 aliphatic heterocycles. The number of unbranched alkanes of at least 4 members (excludes halogenated alkanes) is 24. The number of esters is 2. The summed E-state index contributed by atoms with van der Waals surface area (Å²) < 4.78 is 22.4. The normalized spacial score (nSPS) is 11.5.